The minimum absolute atomic E-state index is 0.214. The van der Waals surface area contributed by atoms with Gasteiger partial charge in [0.2, 0.25) is 0 Å². The SMILES string of the molecule is CSc1ncc2c(n1)CCN(c1cccc(C(=O)Nc3ccccc3)n1)C2. The number of para-hydroxylation sites is 1. The van der Waals surface area contributed by atoms with Crippen molar-refractivity contribution >= 4 is 29.2 Å². The zero-order valence-electron chi connectivity index (χ0n) is 14.9. The zero-order chi connectivity index (χ0) is 18.6. The van der Waals surface area contributed by atoms with E-state index in [1.807, 2.05) is 54.9 Å². The summed E-state index contributed by atoms with van der Waals surface area (Å²) in [6, 6.07) is 14.9. The molecule has 3 aromatic rings. The van der Waals surface area contributed by atoms with Gasteiger partial charge in [-0.1, -0.05) is 36.0 Å². The average molecular weight is 377 g/mol. The molecule has 0 aliphatic carbocycles. The fourth-order valence-corrected chi connectivity index (χ4v) is 3.39. The van der Waals surface area contributed by atoms with Gasteiger partial charge in [0, 0.05) is 37.0 Å². The summed E-state index contributed by atoms with van der Waals surface area (Å²) in [6.07, 6.45) is 4.71. The number of nitrogens with one attached hydrogen (secondary N) is 1. The number of pyridine rings is 1. The highest BCUT2D eigenvalue weighted by Gasteiger charge is 2.20. The van der Waals surface area contributed by atoms with Crippen LogP contribution in [-0.4, -0.2) is 33.7 Å². The van der Waals surface area contributed by atoms with Crippen LogP contribution in [0.1, 0.15) is 21.7 Å². The summed E-state index contributed by atoms with van der Waals surface area (Å²) in [5.74, 6) is 0.573. The number of hydrogen-bond donors (Lipinski definition) is 1. The molecule has 0 saturated heterocycles. The zero-order valence-corrected chi connectivity index (χ0v) is 15.7. The standard InChI is InChI=1S/C20H19N5OS/c1-27-20-21-12-14-13-25(11-10-16(14)24-20)18-9-5-8-17(23-18)19(26)22-15-6-3-2-4-7-15/h2-9,12H,10-11,13H2,1H3,(H,22,26). The molecular formula is C20H19N5OS. The molecule has 136 valence electrons. The summed E-state index contributed by atoms with van der Waals surface area (Å²) in [5.41, 5.74) is 3.36. The van der Waals surface area contributed by atoms with Gasteiger partial charge in [0.15, 0.2) is 5.16 Å². The summed E-state index contributed by atoms with van der Waals surface area (Å²) < 4.78 is 0. The first kappa shape index (κ1) is 17.5. The normalized spacial score (nSPS) is 13.1. The number of benzene rings is 1. The second-order valence-corrected chi connectivity index (χ2v) is 6.97. The van der Waals surface area contributed by atoms with E-state index in [0.717, 1.165) is 40.9 Å². The van der Waals surface area contributed by atoms with E-state index in [1.54, 1.807) is 17.8 Å². The van der Waals surface area contributed by atoms with Crippen molar-refractivity contribution in [2.45, 2.75) is 18.1 Å². The molecule has 1 aliphatic rings. The third-order valence-corrected chi connectivity index (χ3v) is 4.98. The molecule has 1 aliphatic heterocycles. The Balaban J connectivity index is 1.51. The monoisotopic (exact) mass is 377 g/mol. The highest BCUT2D eigenvalue weighted by Crippen LogP contribution is 2.23. The maximum atomic E-state index is 12.5. The number of carbonyl (C=O) groups is 1. The molecule has 27 heavy (non-hydrogen) atoms. The summed E-state index contributed by atoms with van der Waals surface area (Å²) >= 11 is 1.55. The smallest absolute Gasteiger partial charge is 0.274 e. The molecule has 0 radical (unpaired) electrons. The summed E-state index contributed by atoms with van der Waals surface area (Å²) in [5, 5.41) is 3.68. The molecule has 1 aromatic carbocycles. The van der Waals surface area contributed by atoms with Gasteiger partial charge in [-0.3, -0.25) is 4.79 Å². The summed E-state index contributed by atoms with van der Waals surface area (Å²) in [7, 11) is 0. The van der Waals surface area contributed by atoms with Gasteiger partial charge in [-0.2, -0.15) is 0 Å². The van der Waals surface area contributed by atoms with Crippen LogP contribution in [0.2, 0.25) is 0 Å². The summed E-state index contributed by atoms with van der Waals surface area (Å²) in [4.78, 5) is 28.2. The van der Waals surface area contributed by atoms with Crippen LogP contribution < -0.4 is 10.2 Å². The van der Waals surface area contributed by atoms with Crippen LogP contribution in [0, 0.1) is 0 Å². The second-order valence-electron chi connectivity index (χ2n) is 6.20. The van der Waals surface area contributed by atoms with Gasteiger partial charge in [0.1, 0.15) is 11.5 Å². The molecule has 1 N–H and O–H groups in total. The molecule has 6 nitrogen and oxygen atoms in total. The maximum Gasteiger partial charge on any atom is 0.274 e. The van der Waals surface area contributed by atoms with Crippen LogP contribution in [0.5, 0.6) is 0 Å². The lowest BCUT2D eigenvalue weighted by Gasteiger charge is -2.29. The van der Waals surface area contributed by atoms with E-state index in [-0.39, 0.29) is 5.91 Å². The minimum atomic E-state index is -0.214. The number of fused-ring (bicyclic) bond motifs is 1. The van der Waals surface area contributed by atoms with Crippen LogP contribution in [0.4, 0.5) is 11.5 Å². The van der Waals surface area contributed by atoms with Crippen LogP contribution >= 0.6 is 11.8 Å². The molecule has 0 bridgehead atoms. The Morgan fingerprint density at radius 3 is 2.78 bits per heavy atom. The fourth-order valence-electron chi connectivity index (χ4n) is 3.03. The Labute approximate surface area is 162 Å². The van der Waals surface area contributed by atoms with E-state index < -0.39 is 0 Å². The van der Waals surface area contributed by atoms with Crippen molar-refractivity contribution in [3.63, 3.8) is 0 Å². The molecular weight excluding hydrogens is 358 g/mol. The highest BCUT2D eigenvalue weighted by molar-refractivity contribution is 7.98. The van der Waals surface area contributed by atoms with Gasteiger partial charge in [0.25, 0.3) is 5.91 Å². The van der Waals surface area contributed by atoms with E-state index in [9.17, 15) is 4.79 Å². The first-order chi connectivity index (χ1) is 13.2. The molecule has 0 fully saturated rings. The van der Waals surface area contributed by atoms with Crippen molar-refractivity contribution in [3.05, 3.63) is 71.7 Å². The molecule has 2 aromatic heterocycles. The van der Waals surface area contributed by atoms with Crippen molar-refractivity contribution in [1.29, 1.82) is 0 Å². The molecule has 3 heterocycles. The molecule has 0 atom stereocenters. The molecule has 7 heteroatoms. The highest BCUT2D eigenvalue weighted by atomic mass is 32.2. The molecule has 1 amide bonds. The van der Waals surface area contributed by atoms with Crippen molar-refractivity contribution in [2.75, 3.05) is 23.0 Å². The Morgan fingerprint density at radius 1 is 1.11 bits per heavy atom. The van der Waals surface area contributed by atoms with Gasteiger partial charge in [0.05, 0.1) is 5.69 Å². The summed E-state index contributed by atoms with van der Waals surface area (Å²) in [6.45, 7) is 1.51. The van der Waals surface area contributed by atoms with E-state index in [2.05, 4.69) is 25.2 Å². The van der Waals surface area contributed by atoms with Gasteiger partial charge in [-0.05, 0) is 30.5 Å². The lowest BCUT2D eigenvalue weighted by Crippen LogP contribution is -2.32. The fraction of sp³-hybridized carbons (Fsp3) is 0.200. The Hall–Kier alpha value is -2.93. The number of rotatable bonds is 4. The van der Waals surface area contributed by atoms with Crippen LogP contribution in [0.3, 0.4) is 0 Å². The quantitative estimate of drug-likeness (QED) is 0.555. The Bertz CT molecular complexity index is 964. The lowest BCUT2D eigenvalue weighted by atomic mass is 10.1. The van der Waals surface area contributed by atoms with Crippen LogP contribution in [-0.2, 0) is 13.0 Å². The number of hydrogen-bond acceptors (Lipinski definition) is 6. The van der Waals surface area contributed by atoms with Crippen molar-refractivity contribution in [1.82, 2.24) is 15.0 Å². The topological polar surface area (TPSA) is 71.0 Å². The van der Waals surface area contributed by atoms with Gasteiger partial charge >= 0.3 is 0 Å². The number of nitrogens with zero attached hydrogens (tertiary/aromatic N) is 4. The van der Waals surface area contributed by atoms with Crippen molar-refractivity contribution < 1.29 is 4.79 Å². The first-order valence-electron chi connectivity index (χ1n) is 8.70. The third kappa shape index (κ3) is 3.93. The second kappa shape index (κ2) is 7.75. The molecule has 0 spiro atoms. The van der Waals surface area contributed by atoms with E-state index in [4.69, 9.17) is 0 Å². The number of amides is 1. The molecule has 4 rings (SSSR count). The van der Waals surface area contributed by atoms with Gasteiger partial charge in [-0.25, -0.2) is 15.0 Å². The minimum Gasteiger partial charge on any atom is -0.352 e. The van der Waals surface area contributed by atoms with Crippen LogP contribution in [0.25, 0.3) is 0 Å². The van der Waals surface area contributed by atoms with E-state index in [1.165, 1.54) is 0 Å². The number of anilines is 2. The van der Waals surface area contributed by atoms with Gasteiger partial charge < -0.3 is 10.2 Å². The third-order valence-electron chi connectivity index (χ3n) is 4.42. The average Bonchev–Trinajstić information content (AvgIpc) is 2.73. The van der Waals surface area contributed by atoms with Crippen molar-refractivity contribution in [3.8, 4) is 0 Å². The predicted molar refractivity (Wildman–Crippen MR) is 107 cm³/mol. The predicted octanol–water partition coefficient (Wildman–Crippen LogP) is 3.41. The van der Waals surface area contributed by atoms with E-state index in [0.29, 0.717) is 12.2 Å². The maximum absolute atomic E-state index is 12.5. The number of aromatic nitrogens is 3. The Morgan fingerprint density at radius 2 is 1.96 bits per heavy atom. The number of carbonyl (C=O) groups excluding carboxylic acids is 1. The van der Waals surface area contributed by atoms with Gasteiger partial charge in [-0.15, -0.1) is 0 Å². The van der Waals surface area contributed by atoms with E-state index >= 15 is 0 Å². The molecule has 0 saturated carbocycles. The molecule has 0 unspecified atom stereocenters. The lowest BCUT2D eigenvalue weighted by molar-refractivity contribution is 0.102. The number of thioether (sulfide) groups is 1. The largest absolute Gasteiger partial charge is 0.352 e. The Kier molecular flexibility index (Phi) is 5.02. The first-order valence-corrected chi connectivity index (χ1v) is 9.92. The van der Waals surface area contributed by atoms with Crippen molar-refractivity contribution in [2.24, 2.45) is 0 Å². The van der Waals surface area contributed by atoms with Crippen LogP contribution in [0.15, 0.2) is 59.9 Å².